The number of halogens is 2. The Hall–Kier alpha value is -5.48. The summed E-state index contributed by atoms with van der Waals surface area (Å²) in [4.78, 5) is 31.4. The summed E-state index contributed by atoms with van der Waals surface area (Å²) < 4.78 is 14.8. The van der Waals surface area contributed by atoms with Crippen molar-refractivity contribution in [2.75, 3.05) is 11.1 Å². The second-order valence-electron chi connectivity index (χ2n) is 13.1. The fourth-order valence-corrected chi connectivity index (χ4v) is 6.52. The number of nitrogens with zero attached hydrogens (tertiary/aromatic N) is 6. The number of nitrogens with one attached hydrogen (secondary N) is 1. The van der Waals surface area contributed by atoms with Crippen molar-refractivity contribution in [2.45, 2.75) is 75.8 Å². The molecule has 0 spiro atoms. The first kappa shape index (κ1) is 39.2. The number of amides is 1. The summed E-state index contributed by atoms with van der Waals surface area (Å²) in [7, 11) is 0. The maximum atomic E-state index is 12.8. The van der Waals surface area contributed by atoms with Gasteiger partial charge in [0, 0.05) is 34.8 Å². The van der Waals surface area contributed by atoms with Gasteiger partial charge in [-0.05, 0) is 99.9 Å². The van der Waals surface area contributed by atoms with E-state index in [1.54, 1.807) is 67.1 Å². The van der Waals surface area contributed by atoms with Gasteiger partial charge in [-0.2, -0.15) is 10.2 Å². The number of hydrogen-bond acceptors (Lipinski definition) is 11. The summed E-state index contributed by atoms with van der Waals surface area (Å²) in [5.74, 6) is -0.108. The van der Waals surface area contributed by atoms with Crippen LogP contribution in [-0.2, 0) is 0 Å². The highest BCUT2D eigenvalue weighted by atomic mass is 35.5. The van der Waals surface area contributed by atoms with E-state index in [4.69, 9.17) is 43.5 Å². The summed E-state index contributed by atoms with van der Waals surface area (Å²) in [6, 6.07) is 13.8. The lowest BCUT2D eigenvalue weighted by atomic mass is 9.95. The van der Waals surface area contributed by atoms with Crippen molar-refractivity contribution in [2.24, 2.45) is 0 Å². The van der Waals surface area contributed by atoms with Crippen LogP contribution in [0.2, 0.25) is 10.0 Å². The van der Waals surface area contributed by atoms with Crippen molar-refractivity contribution in [3.8, 4) is 11.5 Å². The predicted molar refractivity (Wildman–Crippen MR) is 206 cm³/mol. The van der Waals surface area contributed by atoms with Crippen LogP contribution in [0.15, 0.2) is 85.7 Å². The quantitative estimate of drug-likeness (QED) is 0.112. The monoisotopic (exact) mass is 790 g/mol. The number of aromatic nitrogens is 6. The summed E-state index contributed by atoms with van der Waals surface area (Å²) >= 11 is 11.9. The number of ether oxygens (including phenoxy) is 2. The Labute approximate surface area is 325 Å². The molecule has 2 saturated carbocycles. The highest BCUT2D eigenvalue weighted by Crippen LogP contribution is 2.33. The lowest BCUT2D eigenvalue weighted by Gasteiger charge is -2.27. The zero-order valence-corrected chi connectivity index (χ0v) is 31.1. The average Bonchev–Trinajstić information content (AvgIpc) is 3.82. The third kappa shape index (κ3) is 10.4. The van der Waals surface area contributed by atoms with Crippen LogP contribution in [0.25, 0.3) is 11.3 Å². The zero-order chi connectivity index (χ0) is 38.9. The van der Waals surface area contributed by atoms with Crippen molar-refractivity contribution in [3.63, 3.8) is 0 Å². The molecule has 0 saturated heterocycles. The molecule has 2 aromatic carbocycles. The van der Waals surface area contributed by atoms with E-state index in [1.807, 2.05) is 0 Å². The fraction of sp³-hybridized carbons (Fsp3) is 0.316. The molecule has 0 radical (unpaired) electrons. The normalized spacial score (nSPS) is 19.3. The number of nitrogens with two attached hydrogens (primary N) is 1. The Kier molecular flexibility index (Phi) is 13.0. The van der Waals surface area contributed by atoms with E-state index in [1.165, 1.54) is 27.6 Å². The van der Waals surface area contributed by atoms with Crippen molar-refractivity contribution in [1.29, 1.82) is 0 Å². The minimum atomic E-state index is -1.01. The van der Waals surface area contributed by atoms with Gasteiger partial charge < -0.3 is 35.8 Å². The molecule has 2 aliphatic rings. The smallest absolute Gasteiger partial charge is 0.341 e. The molecule has 4 heterocycles. The van der Waals surface area contributed by atoms with Crippen LogP contribution >= 0.6 is 23.2 Å². The zero-order valence-electron chi connectivity index (χ0n) is 29.5. The number of anilines is 2. The van der Waals surface area contributed by atoms with Crippen molar-refractivity contribution >= 4 is 57.7 Å². The third-order valence-electron chi connectivity index (χ3n) is 9.07. The Morgan fingerprint density at radius 1 is 0.727 bits per heavy atom. The number of aliphatic hydroxyl groups is 2. The second-order valence-corrected chi connectivity index (χ2v) is 13.9. The minimum absolute atomic E-state index is 0.00359. The predicted octanol–water partition coefficient (Wildman–Crippen LogP) is 6.35. The molecule has 288 valence electrons. The van der Waals surface area contributed by atoms with E-state index < -0.39 is 5.97 Å². The van der Waals surface area contributed by atoms with E-state index in [0.29, 0.717) is 62.6 Å². The maximum absolute atomic E-state index is 12.8. The van der Waals surface area contributed by atoms with Crippen LogP contribution in [0.1, 0.15) is 72.1 Å². The van der Waals surface area contributed by atoms with E-state index in [0.717, 1.165) is 38.5 Å². The lowest BCUT2D eigenvalue weighted by Crippen LogP contribution is -2.27. The van der Waals surface area contributed by atoms with Gasteiger partial charge in [-0.3, -0.25) is 4.79 Å². The molecule has 6 aromatic rings. The lowest BCUT2D eigenvalue weighted by molar-refractivity contribution is 0.0668. The van der Waals surface area contributed by atoms with Crippen LogP contribution in [0.4, 0.5) is 11.4 Å². The summed E-state index contributed by atoms with van der Waals surface area (Å²) in [5.41, 5.74) is 8.19. The number of carboxylic acid groups (broad SMARTS) is 1. The Balaban J connectivity index is 0.000000155. The number of carbonyl (C=O) groups excluding carboxylic acids is 1. The van der Waals surface area contributed by atoms with Gasteiger partial charge in [0.15, 0.2) is 11.3 Å². The molecule has 0 atom stereocenters. The summed E-state index contributed by atoms with van der Waals surface area (Å²) in [5, 5.41) is 39.6. The molecule has 2 aliphatic carbocycles. The number of benzene rings is 2. The topological polar surface area (TPSA) is 212 Å². The molecular weight excluding hydrogens is 751 g/mol. The van der Waals surface area contributed by atoms with E-state index in [9.17, 15) is 19.8 Å². The Bertz CT molecular complexity index is 2230. The first-order valence-corrected chi connectivity index (χ1v) is 18.4. The molecule has 1 amide bonds. The molecule has 4 aromatic heterocycles. The average molecular weight is 792 g/mol. The van der Waals surface area contributed by atoms with Crippen LogP contribution in [-0.4, -0.2) is 80.8 Å². The van der Waals surface area contributed by atoms with E-state index in [-0.39, 0.29) is 35.9 Å². The number of carbonyl (C=O) groups is 2. The molecule has 15 nitrogen and oxygen atoms in total. The number of hydrogen-bond donors (Lipinski definition) is 5. The largest absolute Gasteiger partial charge is 0.488 e. The molecule has 0 unspecified atom stereocenters. The first-order chi connectivity index (χ1) is 26.5. The van der Waals surface area contributed by atoms with Gasteiger partial charge in [0.2, 0.25) is 0 Å². The number of carboxylic acids is 1. The number of nitrogen functional groups attached to an aromatic ring is 1. The Morgan fingerprint density at radius 3 is 1.76 bits per heavy atom. The van der Waals surface area contributed by atoms with Gasteiger partial charge in [-0.15, -0.1) is 0 Å². The minimum Gasteiger partial charge on any atom is -0.488 e. The van der Waals surface area contributed by atoms with Crippen molar-refractivity contribution in [1.82, 2.24) is 29.2 Å². The summed E-state index contributed by atoms with van der Waals surface area (Å²) in [6.45, 7) is 0. The highest BCUT2D eigenvalue weighted by molar-refractivity contribution is 6.31. The molecule has 0 aliphatic heterocycles. The van der Waals surface area contributed by atoms with E-state index in [2.05, 4.69) is 25.5 Å². The molecule has 17 heteroatoms. The third-order valence-corrected chi connectivity index (χ3v) is 9.54. The number of fused-ring (bicyclic) bond motifs is 2. The standard InChI is InChI=1S/C19H19ClN4O3.C12H16ClNO2.C7H5N3O2/c20-12-2-7-17(27-14-5-3-13(25)4-6-14)16(10-12)23-19(26)15-11-22-24-9-1-8-21-18(15)24;13-8-1-6-12(11(14)7-8)16-10-4-2-9(15)3-5-10;11-7(12)5-4-9-10-3-1-2-8-6(5)10/h1-2,7-11,13-14,25H,3-6H2,(H,23,26);1,6-7,9-10,15H,2-5,14H2;1-4H,(H,11,12). The molecule has 2 fully saturated rings. The van der Waals surface area contributed by atoms with Crippen LogP contribution in [0.5, 0.6) is 11.5 Å². The summed E-state index contributed by atoms with van der Waals surface area (Å²) in [6.07, 6.45) is 15.4. The van der Waals surface area contributed by atoms with Crippen LogP contribution in [0.3, 0.4) is 0 Å². The van der Waals surface area contributed by atoms with Crippen LogP contribution in [0, 0.1) is 0 Å². The Morgan fingerprint density at radius 2 is 1.22 bits per heavy atom. The molecule has 8 rings (SSSR count). The fourth-order valence-electron chi connectivity index (χ4n) is 6.17. The van der Waals surface area contributed by atoms with Gasteiger partial charge in [0.05, 0.1) is 48.2 Å². The van der Waals surface area contributed by atoms with Gasteiger partial charge >= 0.3 is 5.97 Å². The van der Waals surface area contributed by atoms with Gasteiger partial charge in [0.25, 0.3) is 5.91 Å². The molecule has 55 heavy (non-hydrogen) atoms. The number of aromatic carboxylic acids is 1. The molecular formula is C38H40Cl2N8O7. The number of aliphatic hydroxyl groups excluding tert-OH is 2. The van der Waals surface area contributed by atoms with Gasteiger partial charge in [-0.25, -0.2) is 23.8 Å². The van der Waals surface area contributed by atoms with Crippen molar-refractivity contribution < 1.29 is 34.4 Å². The molecule has 0 bridgehead atoms. The van der Waals surface area contributed by atoms with Gasteiger partial charge in [0.1, 0.15) is 22.6 Å². The first-order valence-electron chi connectivity index (χ1n) is 17.7. The van der Waals surface area contributed by atoms with Crippen LogP contribution < -0.4 is 20.5 Å². The highest BCUT2D eigenvalue weighted by Gasteiger charge is 2.23. The SMILES string of the molecule is Nc1cc(Cl)ccc1OC1CCC(O)CC1.O=C(Nc1cc(Cl)ccc1OC1CCC(O)CC1)c1cnn2cccnc12.O=C(O)c1cnn2cccnc12. The van der Waals surface area contributed by atoms with Crippen molar-refractivity contribution in [3.05, 3.63) is 107 Å². The maximum Gasteiger partial charge on any atom is 0.341 e. The second kappa shape index (κ2) is 18.2. The van der Waals surface area contributed by atoms with Gasteiger partial charge in [-0.1, -0.05) is 23.2 Å². The van der Waals surface area contributed by atoms with E-state index >= 15 is 0 Å². The molecule has 6 N–H and O–H groups in total. The number of rotatable bonds is 7.